The Labute approximate surface area is 191 Å². The number of benzene rings is 2. The molecule has 3 heterocycles. The molecule has 168 valence electrons. The van der Waals surface area contributed by atoms with Crippen LogP contribution < -0.4 is 16.1 Å². The van der Waals surface area contributed by atoms with Crippen molar-refractivity contribution in [2.45, 2.75) is 26.9 Å². The zero-order valence-corrected chi connectivity index (χ0v) is 19.1. The van der Waals surface area contributed by atoms with Gasteiger partial charge in [0.1, 0.15) is 0 Å². The van der Waals surface area contributed by atoms with Gasteiger partial charge in [-0.25, -0.2) is 4.79 Å². The fraction of sp³-hybridized carbons (Fsp3) is 0.269. The third-order valence-corrected chi connectivity index (χ3v) is 6.19. The first-order valence-corrected chi connectivity index (χ1v) is 11.2. The Kier molecular flexibility index (Phi) is 5.24. The largest absolute Gasteiger partial charge is 0.332 e. The minimum absolute atomic E-state index is 0.202. The highest BCUT2D eigenvalue weighted by molar-refractivity contribution is 5.77. The maximum atomic E-state index is 13.5. The van der Waals surface area contributed by atoms with E-state index in [2.05, 4.69) is 43.0 Å². The monoisotopic (exact) mass is 441 g/mol. The van der Waals surface area contributed by atoms with Gasteiger partial charge in [-0.1, -0.05) is 67.1 Å². The van der Waals surface area contributed by atoms with Crippen LogP contribution in [0.5, 0.6) is 0 Å². The fourth-order valence-corrected chi connectivity index (χ4v) is 4.47. The van der Waals surface area contributed by atoms with E-state index in [0.29, 0.717) is 29.6 Å². The second-order valence-corrected chi connectivity index (χ2v) is 8.82. The van der Waals surface area contributed by atoms with Crippen molar-refractivity contribution in [1.82, 2.24) is 18.7 Å². The molecule has 4 aromatic rings. The minimum atomic E-state index is -0.365. The van der Waals surface area contributed by atoms with E-state index in [-0.39, 0.29) is 17.8 Å². The number of nitrogens with zero attached hydrogens (tertiary/aromatic N) is 5. The summed E-state index contributed by atoms with van der Waals surface area (Å²) in [6.45, 7) is 5.91. The number of anilines is 2. The quantitative estimate of drug-likeness (QED) is 0.484. The summed E-state index contributed by atoms with van der Waals surface area (Å²) in [6.07, 6.45) is 3.77. The molecule has 0 saturated carbocycles. The standard InChI is InChI=1S/C26H27N5O2/c1-18-11-13-21(14-12-18)30-16-19(2)17-31-22-23(27-25(30)31)28(3)26(33)29(24(22)32)15-7-10-20-8-5-4-6-9-20/h4-14,19H,15-17H2,1-3H3/b10-7-/t19-/m0/s1. The summed E-state index contributed by atoms with van der Waals surface area (Å²) >= 11 is 0. The normalized spacial score (nSPS) is 16.0. The molecule has 0 N–H and O–H groups in total. The van der Waals surface area contributed by atoms with Crippen LogP contribution in [0.15, 0.2) is 70.3 Å². The average Bonchev–Trinajstić information content (AvgIpc) is 3.20. The lowest BCUT2D eigenvalue weighted by Gasteiger charge is -2.33. The molecule has 1 atom stereocenters. The molecule has 0 saturated heterocycles. The molecule has 0 fully saturated rings. The number of allylic oxidation sites excluding steroid dienone is 1. The highest BCUT2D eigenvalue weighted by Gasteiger charge is 2.29. The van der Waals surface area contributed by atoms with Crippen molar-refractivity contribution in [3.05, 3.63) is 92.6 Å². The van der Waals surface area contributed by atoms with Crippen molar-refractivity contribution in [1.29, 1.82) is 0 Å². The Morgan fingerprint density at radius 3 is 2.48 bits per heavy atom. The van der Waals surface area contributed by atoms with Gasteiger partial charge in [0, 0.05) is 32.4 Å². The summed E-state index contributed by atoms with van der Waals surface area (Å²) in [5.74, 6) is 1.02. The molecule has 7 heteroatoms. The van der Waals surface area contributed by atoms with E-state index in [4.69, 9.17) is 4.98 Å². The first-order valence-electron chi connectivity index (χ1n) is 11.2. The first kappa shape index (κ1) is 21.0. The molecule has 1 aliphatic rings. The molecule has 0 unspecified atom stereocenters. The van der Waals surface area contributed by atoms with Crippen LogP contribution in [0.3, 0.4) is 0 Å². The Morgan fingerprint density at radius 1 is 1.03 bits per heavy atom. The number of imidazole rings is 1. The molecule has 0 spiro atoms. The van der Waals surface area contributed by atoms with E-state index in [9.17, 15) is 9.59 Å². The fourth-order valence-electron chi connectivity index (χ4n) is 4.47. The molecule has 0 radical (unpaired) electrons. The van der Waals surface area contributed by atoms with Gasteiger partial charge in [-0.05, 0) is 30.5 Å². The Morgan fingerprint density at radius 2 is 1.76 bits per heavy atom. The highest BCUT2D eigenvalue weighted by atomic mass is 16.2. The maximum Gasteiger partial charge on any atom is 0.332 e. The molecule has 2 aromatic carbocycles. The predicted octanol–water partition coefficient (Wildman–Crippen LogP) is 3.71. The second-order valence-electron chi connectivity index (χ2n) is 8.82. The summed E-state index contributed by atoms with van der Waals surface area (Å²) in [4.78, 5) is 33.5. The summed E-state index contributed by atoms with van der Waals surface area (Å²) in [5.41, 5.74) is 3.47. The Hall–Kier alpha value is -3.87. The number of aryl methyl sites for hydroxylation is 2. The second kappa shape index (κ2) is 8.24. The van der Waals surface area contributed by atoms with Crippen LogP contribution >= 0.6 is 0 Å². The van der Waals surface area contributed by atoms with Crippen molar-refractivity contribution < 1.29 is 0 Å². The van der Waals surface area contributed by atoms with Gasteiger partial charge in [0.25, 0.3) is 5.56 Å². The lowest BCUT2D eigenvalue weighted by atomic mass is 10.1. The number of rotatable bonds is 4. The maximum absolute atomic E-state index is 13.5. The van der Waals surface area contributed by atoms with Gasteiger partial charge in [0.15, 0.2) is 11.2 Å². The lowest BCUT2D eigenvalue weighted by Crippen LogP contribution is -2.40. The third-order valence-electron chi connectivity index (χ3n) is 6.19. The van der Waals surface area contributed by atoms with E-state index in [0.717, 1.165) is 17.8 Å². The number of hydrogen-bond donors (Lipinski definition) is 0. The SMILES string of the molecule is Cc1ccc(N2C[C@H](C)Cn3c2nc2c3c(=O)n(C/C=C\c3ccccc3)c(=O)n2C)cc1. The molecule has 1 aliphatic heterocycles. The van der Waals surface area contributed by atoms with Crippen LogP contribution in [0.25, 0.3) is 17.2 Å². The van der Waals surface area contributed by atoms with Gasteiger partial charge in [-0.3, -0.25) is 13.9 Å². The summed E-state index contributed by atoms with van der Waals surface area (Å²) < 4.78 is 4.74. The highest BCUT2D eigenvalue weighted by Crippen LogP contribution is 2.32. The zero-order valence-electron chi connectivity index (χ0n) is 19.1. The summed E-state index contributed by atoms with van der Waals surface area (Å²) in [7, 11) is 1.68. The molecule has 33 heavy (non-hydrogen) atoms. The van der Waals surface area contributed by atoms with Gasteiger partial charge in [-0.2, -0.15) is 4.98 Å². The molecular weight excluding hydrogens is 414 g/mol. The van der Waals surface area contributed by atoms with Gasteiger partial charge in [0.05, 0.1) is 0 Å². The van der Waals surface area contributed by atoms with Crippen molar-refractivity contribution in [2.75, 3.05) is 11.4 Å². The van der Waals surface area contributed by atoms with Gasteiger partial charge in [0.2, 0.25) is 5.95 Å². The number of hydrogen-bond acceptors (Lipinski definition) is 4. The van der Waals surface area contributed by atoms with Crippen LogP contribution in [0, 0.1) is 12.8 Å². The van der Waals surface area contributed by atoms with E-state index < -0.39 is 0 Å². The molecular formula is C26H27N5O2. The van der Waals surface area contributed by atoms with Crippen molar-refractivity contribution in [3.63, 3.8) is 0 Å². The van der Waals surface area contributed by atoms with Crippen LogP contribution in [-0.2, 0) is 20.1 Å². The molecule has 0 aliphatic carbocycles. The Bertz CT molecular complexity index is 1460. The van der Waals surface area contributed by atoms with Gasteiger partial charge >= 0.3 is 5.69 Å². The predicted molar refractivity (Wildman–Crippen MR) is 132 cm³/mol. The zero-order chi connectivity index (χ0) is 23.1. The molecule has 2 aromatic heterocycles. The Balaban J connectivity index is 1.63. The van der Waals surface area contributed by atoms with E-state index in [1.165, 1.54) is 14.7 Å². The molecule has 7 nitrogen and oxygen atoms in total. The lowest BCUT2D eigenvalue weighted by molar-refractivity contribution is 0.458. The number of aromatic nitrogens is 4. The number of fused-ring (bicyclic) bond motifs is 3. The van der Waals surface area contributed by atoms with Gasteiger partial charge in [-0.15, -0.1) is 0 Å². The van der Waals surface area contributed by atoms with Crippen LogP contribution in [0.2, 0.25) is 0 Å². The average molecular weight is 442 g/mol. The van der Waals surface area contributed by atoms with Crippen LogP contribution in [0.4, 0.5) is 11.6 Å². The molecule has 0 amide bonds. The summed E-state index contributed by atoms with van der Waals surface area (Å²) in [6, 6.07) is 18.1. The van der Waals surface area contributed by atoms with Crippen LogP contribution in [0.1, 0.15) is 18.1 Å². The van der Waals surface area contributed by atoms with Crippen molar-refractivity contribution >= 4 is 28.9 Å². The van der Waals surface area contributed by atoms with E-state index in [1.54, 1.807) is 7.05 Å². The third kappa shape index (κ3) is 3.69. The smallest absolute Gasteiger partial charge is 0.312 e. The summed E-state index contributed by atoms with van der Waals surface area (Å²) in [5, 5.41) is 0. The molecule has 5 rings (SSSR count). The van der Waals surface area contributed by atoms with Crippen molar-refractivity contribution in [2.24, 2.45) is 13.0 Å². The van der Waals surface area contributed by atoms with Crippen molar-refractivity contribution in [3.8, 4) is 0 Å². The first-order chi connectivity index (χ1) is 15.9. The van der Waals surface area contributed by atoms with E-state index in [1.807, 2.05) is 47.1 Å². The van der Waals surface area contributed by atoms with E-state index >= 15 is 0 Å². The molecule has 0 bridgehead atoms. The van der Waals surface area contributed by atoms with Gasteiger partial charge < -0.3 is 9.47 Å². The minimum Gasteiger partial charge on any atom is -0.312 e. The van der Waals surface area contributed by atoms with Crippen LogP contribution in [-0.4, -0.2) is 25.2 Å². The topological polar surface area (TPSA) is 65.1 Å².